The van der Waals surface area contributed by atoms with Gasteiger partial charge >= 0.3 is 0 Å². The number of amides is 1. The van der Waals surface area contributed by atoms with Crippen LogP contribution < -0.4 is 5.32 Å². The van der Waals surface area contributed by atoms with Gasteiger partial charge in [-0.1, -0.05) is 11.6 Å². The van der Waals surface area contributed by atoms with Gasteiger partial charge < -0.3 is 19.6 Å². The number of fused-ring (bicyclic) bond motifs is 1. The molecule has 4 rings (SSSR count). The van der Waals surface area contributed by atoms with Crippen molar-refractivity contribution in [1.82, 2.24) is 9.72 Å². The van der Waals surface area contributed by atoms with E-state index < -0.39 is 23.9 Å². The molecular formula is C20H23ClF2N2O3. The number of carbonyl (C=O) groups is 1. The van der Waals surface area contributed by atoms with Crippen molar-refractivity contribution >= 4 is 23.0 Å². The van der Waals surface area contributed by atoms with Crippen LogP contribution in [0.25, 0.3) is 5.52 Å². The van der Waals surface area contributed by atoms with Gasteiger partial charge in [0.15, 0.2) is 0 Å². The molecule has 152 valence electrons. The Hall–Kier alpha value is -1.70. The van der Waals surface area contributed by atoms with E-state index in [1.807, 2.05) is 16.7 Å². The van der Waals surface area contributed by atoms with Crippen molar-refractivity contribution in [3.63, 3.8) is 0 Å². The quantitative estimate of drug-likeness (QED) is 0.803. The fourth-order valence-corrected chi connectivity index (χ4v) is 4.59. The zero-order valence-electron chi connectivity index (χ0n) is 15.4. The van der Waals surface area contributed by atoms with E-state index in [2.05, 4.69) is 5.32 Å². The standard InChI is InChI=1S/C20H23ClF2N2O3/c21-15-3-1-7-25-16(13-4-8-28-10-13)9-14(17(15)25)18(26)24-12-19(27)5-2-6-20(22,23)11-19/h1,3,7,9,13,27H,2,4-6,8,10-12H2,(H,24,26)/t13?,19-/m0/s1. The maximum Gasteiger partial charge on any atom is 0.253 e. The number of carbonyl (C=O) groups excluding carboxylic acids is 1. The molecule has 28 heavy (non-hydrogen) atoms. The summed E-state index contributed by atoms with van der Waals surface area (Å²) in [5, 5.41) is 13.6. The minimum absolute atomic E-state index is 0.161. The van der Waals surface area contributed by atoms with Gasteiger partial charge in [0.25, 0.3) is 11.8 Å². The smallest absolute Gasteiger partial charge is 0.253 e. The molecule has 5 nitrogen and oxygen atoms in total. The molecule has 0 radical (unpaired) electrons. The average Bonchev–Trinajstić information content (AvgIpc) is 3.26. The van der Waals surface area contributed by atoms with Crippen molar-refractivity contribution in [1.29, 1.82) is 0 Å². The molecule has 2 aromatic rings. The van der Waals surface area contributed by atoms with Crippen LogP contribution in [0.2, 0.25) is 5.02 Å². The monoisotopic (exact) mass is 412 g/mol. The van der Waals surface area contributed by atoms with Gasteiger partial charge in [-0.25, -0.2) is 8.78 Å². The van der Waals surface area contributed by atoms with E-state index in [9.17, 15) is 18.7 Å². The van der Waals surface area contributed by atoms with Gasteiger partial charge in [0.1, 0.15) is 0 Å². The summed E-state index contributed by atoms with van der Waals surface area (Å²) in [6.45, 7) is 1.03. The van der Waals surface area contributed by atoms with E-state index in [0.29, 0.717) is 29.3 Å². The van der Waals surface area contributed by atoms with Crippen molar-refractivity contribution in [2.45, 2.75) is 49.5 Å². The largest absolute Gasteiger partial charge is 0.388 e. The highest BCUT2D eigenvalue weighted by molar-refractivity contribution is 6.34. The Morgan fingerprint density at radius 1 is 1.43 bits per heavy atom. The maximum absolute atomic E-state index is 13.7. The number of alkyl halides is 2. The first-order chi connectivity index (χ1) is 13.3. The van der Waals surface area contributed by atoms with Crippen LogP contribution in [-0.4, -0.2) is 46.7 Å². The fourth-order valence-electron chi connectivity index (χ4n) is 4.32. The summed E-state index contributed by atoms with van der Waals surface area (Å²) in [4.78, 5) is 12.9. The number of hydrogen-bond donors (Lipinski definition) is 2. The predicted octanol–water partition coefficient (Wildman–Crippen LogP) is 3.77. The molecule has 2 N–H and O–H groups in total. The third-order valence-corrected chi connectivity index (χ3v) is 6.02. The Bertz CT molecular complexity index is 895. The SMILES string of the molecule is O=C(NC[C@]1(O)CCCC(F)(F)C1)c1cc(C2CCOC2)n2cccc(Cl)c12. The third-order valence-electron chi connectivity index (χ3n) is 5.71. The number of aliphatic hydroxyl groups is 1. The topological polar surface area (TPSA) is 63.0 Å². The Balaban J connectivity index is 1.59. The lowest BCUT2D eigenvalue weighted by atomic mass is 9.82. The van der Waals surface area contributed by atoms with Crippen LogP contribution in [-0.2, 0) is 4.74 Å². The molecule has 2 aromatic heterocycles. The summed E-state index contributed by atoms with van der Waals surface area (Å²) in [6, 6.07) is 5.30. The van der Waals surface area contributed by atoms with Crippen LogP contribution >= 0.6 is 11.6 Å². The number of nitrogens with zero attached hydrogens (tertiary/aromatic N) is 1. The molecular weight excluding hydrogens is 390 g/mol. The number of pyridine rings is 1. The summed E-state index contributed by atoms with van der Waals surface area (Å²) in [6.07, 6.45) is 2.31. The van der Waals surface area contributed by atoms with Crippen LogP contribution in [0.3, 0.4) is 0 Å². The first-order valence-electron chi connectivity index (χ1n) is 9.54. The van der Waals surface area contributed by atoms with Crippen LogP contribution in [0.1, 0.15) is 54.1 Å². The number of aromatic nitrogens is 1. The van der Waals surface area contributed by atoms with Crippen molar-refractivity contribution < 1.29 is 23.4 Å². The van der Waals surface area contributed by atoms with Gasteiger partial charge in [-0.2, -0.15) is 0 Å². The molecule has 2 fully saturated rings. The van der Waals surface area contributed by atoms with Gasteiger partial charge in [-0.05, 0) is 37.5 Å². The second-order valence-corrected chi connectivity index (χ2v) is 8.32. The molecule has 1 aliphatic carbocycles. The number of halogens is 3. The molecule has 1 saturated heterocycles. The molecule has 1 amide bonds. The molecule has 3 heterocycles. The Morgan fingerprint density at radius 2 is 2.25 bits per heavy atom. The molecule has 1 unspecified atom stereocenters. The lowest BCUT2D eigenvalue weighted by molar-refractivity contribution is -0.121. The summed E-state index contributed by atoms with van der Waals surface area (Å²) in [5.74, 6) is -3.17. The molecule has 1 aliphatic heterocycles. The van der Waals surface area contributed by atoms with Crippen LogP contribution in [0.5, 0.6) is 0 Å². The lowest BCUT2D eigenvalue weighted by Gasteiger charge is -2.36. The average molecular weight is 413 g/mol. The Labute approximate surface area is 166 Å². The van der Waals surface area contributed by atoms with Crippen LogP contribution in [0, 0.1) is 0 Å². The summed E-state index contributed by atoms with van der Waals surface area (Å²) in [7, 11) is 0. The Kier molecular flexibility index (Phi) is 5.10. The van der Waals surface area contributed by atoms with Crippen molar-refractivity contribution in [2.75, 3.05) is 19.8 Å². The highest BCUT2D eigenvalue weighted by Gasteiger charge is 2.44. The van der Waals surface area contributed by atoms with E-state index in [4.69, 9.17) is 16.3 Å². The van der Waals surface area contributed by atoms with Crippen molar-refractivity contribution in [3.8, 4) is 0 Å². The van der Waals surface area contributed by atoms with E-state index in [0.717, 1.165) is 12.1 Å². The highest BCUT2D eigenvalue weighted by Crippen LogP contribution is 2.39. The normalized spacial score (nSPS) is 27.2. The summed E-state index contributed by atoms with van der Waals surface area (Å²) >= 11 is 6.36. The minimum atomic E-state index is -2.90. The molecule has 0 spiro atoms. The van der Waals surface area contributed by atoms with E-state index in [1.165, 1.54) is 0 Å². The summed E-state index contributed by atoms with van der Waals surface area (Å²) < 4.78 is 34.7. The second kappa shape index (κ2) is 7.28. The van der Waals surface area contributed by atoms with Gasteiger partial charge in [0, 0.05) is 43.8 Å². The Morgan fingerprint density at radius 3 is 2.96 bits per heavy atom. The molecule has 0 aromatic carbocycles. The summed E-state index contributed by atoms with van der Waals surface area (Å²) in [5.41, 5.74) is 0.282. The van der Waals surface area contributed by atoms with E-state index >= 15 is 0 Å². The zero-order chi connectivity index (χ0) is 19.9. The predicted molar refractivity (Wildman–Crippen MR) is 101 cm³/mol. The van der Waals surface area contributed by atoms with Crippen LogP contribution in [0.15, 0.2) is 24.4 Å². The first kappa shape index (κ1) is 19.6. The molecule has 1 saturated carbocycles. The van der Waals surface area contributed by atoms with Crippen LogP contribution in [0.4, 0.5) is 8.78 Å². The van der Waals surface area contributed by atoms with Gasteiger partial charge in [0.2, 0.25) is 0 Å². The van der Waals surface area contributed by atoms with Gasteiger partial charge in [-0.3, -0.25) is 4.79 Å². The first-order valence-corrected chi connectivity index (χ1v) is 9.91. The van der Waals surface area contributed by atoms with Gasteiger partial charge in [0.05, 0.1) is 28.3 Å². The lowest BCUT2D eigenvalue weighted by Crippen LogP contribution is -2.49. The highest BCUT2D eigenvalue weighted by atomic mass is 35.5. The third kappa shape index (κ3) is 3.75. The number of rotatable bonds is 4. The minimum Gasteiger partial charge on any atom is -0.388 e. The molecule has 8 heteroatoms. The van der Waals surface area contributed by atoms with Crippen molar-refractivity contribution in [3.05, 3.63) is 40.7 Å². The molecule has 2 atom stereocenters. The number of nitrogens with one attached hydrogen (secondary N) is 1. The fraction of sp³-hybridized carbons (Fsp3) is 0.550. The van der Waals surface area contributed by atoms with E-state index in [-0.39, 0.29) is 31.7 Å². The molecule has 2 aliphatic rings. The molecule has 0 bridgehead atoms. The number of ether oxygens (including phenoxy) is 1. The van der Waals surface area contributed by atoms with E-state index in [1.54, 1.807) is 12.1 Å². The zero-order valence-corrected chi connectivity index (χ0v) is 16.1. The van der Waals surface area contributed by atoms with Crippen molar-refractivity contribution in [2.24, 2.45) is 0 Å². The maximum atomic E-state index is 13.7. The second-order valence-electron chi connectivity index (χ2n) is 7.91. The number of hydrogen-bond acceptors (Lipinski definition) is 3. The van der Waals surface area contributed by atoms with Gasteiger partial charge in [-0.15, -0.1) is 0 Å².